The van der Waals surface area contributed by atoms with Crippen LogP contribution in [0.5, 0.6) is 0 Å². The zero-order valence-corrected chi connectivity index (χ0v) is 10.3. The second-order valence-corrected chi connectivity index (χ2v) is 4.33. The topological polar surface area (TPSA) is 93.2 Å². The number of carbonyl (C=O) groups excluding carboxylic acids is 2. The number of hydrogen-bond donors (Lipinski definition) is 2. The SMILES string of the molecule is CNC(=O)C1CCCN1C(=O)Cn1cc(N)cn1. The highest BCUT2D eigenvalue weighted by Gasteiger charge is 2.33. The smallest absolute Gasteiger partial charge is 0.244 e. The average Bonchev–Trinajstić information content (AvgIpc) is 2.97. The summed E-state index contributed by atoms with van der Waals surface area (Å²) in [7, 11) is 1.58. The Balaban J connectivity index is 2.02. The molecule has 1 atom stereocenters. The third kappa shape index (κ3) is 2.44. The Hall–Kier alpha value is -2.05. The number of anilines is 1. The fourth-order valence-electron chi connectivity index (χ4n) is 2.20. The Labute approximate surface area is 105 Å². The number of likely N-dealkylation sites (tertiary alicyclic amines) is 1. The summed E-state index contributed by atoms with van der Waals surface area (Å²) in [5.74, 6) is -0.218. The molecule has 1 saturated heterocycles. The van der Waals surface area contributed by atoms with Crippen LogP contribution in [-0.4, -0.2) is 46.1 Å². The highest BCUT2D eigenvalue weighted by Crippen LogP contribution is 2.17. The molecular formula is C11H17N5O2. The van der Waals surface area contributed by atoms with Crippen molar-refractivity contribution in [2.24, 2.45) is 0 Å². The first-order chi connectivity index (χ1) is 8.61. The number of likely N-dealkylation sites (N-methyl/N-ethyl adjacent to an activating group) is 1. The van der Waals surface area contributed by atoms with E-state index in [1.165, 1.54) is 10.9 Å². The molecule has 0 radical (unpaired) electrons. The van der Waals surface area contributed by atoms with E-state index in [0.29, 0.717) is 18.7 Å². The van der Waals surface area contributed by atoms with Gasteiger partial charge in [-0.25, -0.2) is 0 Å². The summed E-state index contributed by atoms with van der Waals surface area (Å²) < 4.78 is 1.48. The van der Waals surface area contributed by atoms with Crippen molar-refractivity contribution < 1.29 is 9.59 Å². The Morgan fingerprint density at radius 2 is 2.39 bits per heavy atom. The molecule has 2 heterocycles. The van der Waals surface area contributed by atoms with Gasteiger partial charge in [0.25, 0.3) is 0 Å². The summed E-state index contributed by atoms with van der Waals surface area (Å²) in [6.07, 6.45) is 4.66. The van der Waals surface area contributed by atoms with Gasteiger partial charge in [0.15, 0.2) is 0 Å². The van der Waals surface area contributed by atoms with Crippen LogP contribution in [-0.2, 0) is 16.1 Å². The van der Waals surface area contributed by atoms with Crippen LogP contribution < -0.4 is 11.1 Å². The Kier molecular flexibility index (Phi) is 3.50. The molecule has 0 aromatic carbocycles. The number of rotatable bonds is 3. The fourth-order valence-corrected chi connectivity index (χ4v) is 2.20. The number of hydrogen-bond acceptors (Lipinski definition) is 4. The molecule has 0 aliphatic carbocycles. The third-order valence-corrected chi connectivity index (χ3v) is 3.07. The highest BCUT2D eigenvalue weighted by atomic mass is 16.2. The van der Waals surface area contributed by atoms with Gasteiger partial charge < -0.3 is 16.0 Å². The fraction of sp³-hybridized carbons (Fsp3) is 0.545. The van der Waals surface area contributed by atoms with Crippen LogP contribution in [0.15, 0.2) is 12.4 Å². The first kappa shape index (κ1) is 12.4. The van der Waals surface area contributed by atoms with Crippen molar-refractivity contribution in [3.05, 3.63) is 12.4 Å². The Morgan fingerprint density at radius 3 is 3.00 bits per heavy atom. The van der Waals surface area contributed by atoms with Crippen molar-refractivity contribution >= 4 is 17.5 Å². The van der Waals surface area contributed by atoms with E-state index in [-0.39, 0.29) is 24.4 Å². The summed E-state index contributed by atoms with van der Waals surface area (Å²) >= 11 is 0. The Morgan fingerprint density at radius 1 is 1.61 bits per heavy atom. The van der Waals surface area contributed by atoms with Gasteiger partial charge in [0.05, 0.1) is 11.9 Å². The first-order valence-corrected chi connectivity index (χ1v) is 5.91. The normalized spacial score (nSPS) is 18.9. The van der Waals surface area contributed by atoms with Crippen LogP contribution in [0.3, 0.4) is 0 Å². The molecule has 7 heteroatoms. The monoisotopic (exact) mass is 251 g/mol. The minimum atomic E-state index is -0.351. The molecule has 98 valence electrons. The van der Waals surface area contributed by atoms with Gasteiger partial charge in [0, 0.05) is 19.8 Å². The third-order valence-electron chi connectivity index (χ3n) is 3.07. The molecule has 0 bridgehead atoms. The standard InChI is InChI=1S/C11H17N5O2/c1-13-11(18)9-3-2-4-16(9)10(17)7-15-6-8(12)5-14-15/h5-6,9H,2-4,7,12H2,1H3,(H,13,18). The van der Waals surface area contributed by atoms with Gasteiger partial charge in [-0.05, 0) is 12.8 Å². The molecular weight excluding hydrogens is 234 g/mol. The maximum Gasteiger partial charge on any atom is 0.244 e. The molecule has 1 aromatic heterocycles. The largest absolute Gasteiger partial charge is 0.396 e. The first-order valence-electron chi connectivity index (χ1n) is 5.91. The number of aromatic nitrogens is 2. The molecule has 2 rings (SSSR count). The van der Waals surface area contributed by atoms with Crippen LogP contribution in [0.4, 0.5) is 5.69 Å². The number of nitrogens with zero attached hydrogens (tertiary/aromatic N) is 3. The van der Waals surface area contributed by atoms with E-state index in [9.17, 15) is 9.59 Å². The summed E-state index contributed by atoms with van der Waals surface area (Å²) in [5, 5.41) is 6.55. The molecule has 1 aliphatic heterocycles. The number of nitrogens with two attached hydrogens (primary N) is 1. The van der Waals surface area contributed by atoms with Gasteiger partial charge >= 0.3 is 0 Å². The molecule has 0 spiro atoms. The van der Waals surface area contributed by atoms with Gasteiger partial charge in [-0.2, -0.15) is 5.10 Å². The second kappa shape index (κ2) is 5.07. The zero-order valence-electron chi connectivity index (χ0n) is 10.3. The van der Waals surface area contributed by atoms with Crippen molar-refractivity contribution in [3.63, 3.8) is 0 Å². The van der Waals surface area contributed by atoms with Crippen molar-refractivity contribution in [2.45, 2.75) is 25.4 Å². The van der Waals surface area contributed by atoms with E-state index >= 15 is 0 Å². The molecule has 1 aromatic rings. The summed E-state index contributed by atoms with van der Waals surface area (Å²) in [5.41, 5.74) is 6.05. The van der Waals surface area contributed by atoms with Crippen molar-refractivity contribution in [1.29, 1.82) is 0 Å². The van der Waals surface area contributed by atoms with Gasteiger partial charge in [0.2, 0.25) is 11.8 Å². The minimum Gasteiger partial charge on any atom is -0.396 e. The van der Waals surface area contributed by atoms with Gasteiger partial charge in [-0.15, -0.1) is 0 Å². The van der Waals surface area contributed by atoms with Crippen LogP contribution in [0.2, 0.25) is 0 Å². The molecule has 1 unspecified atom stereocenters. The van der Waals surface area contributed by atoms with Crippen molar-refractivity contribution in [3.8, 4) is 0 Å². The van der Waals surface area contributed by atoms with Gasteiger partial charge in [-0.3, -0.25) is 14.3 Å². The van der Waals surface area contributed by atoms with Gasteiger partial charge in [-0.1, -0.05) is 0 Å². The van der Waals surface area contributed by atoms with Crippen LogP contribution in [0, 0.1) is 0 Å². The van der Waals surface area contributed by atoms with Crippen LogP contribution in [0.1, 0.15) is 12.8 Å². The molecule has 1 fully saturated rings. The maximum absolute atomic E-state index is 12.1. The van der Waals surface area contributed by atoms with Crippen LogP contribution in [0.25, 0.3) is 0 Å². The quantitative estimate of drug-likeness (QED) is 0.735. The number of nitrogens with one attached hydrogen (secondary N) is 1. The Bertz CT molecular complexity index is 456. The number of amides is 2. The molecule has 7 nitrogen and oxygen atoms in total. The highest BCUT2D eigenvalue weighted by molar-refractivity contribution is 5.88. The van der Waals surface area contributed by atoms with E-state index in [1.54, 1.807) is 18.1 Å². The van der Waals surface area contributed by atoms with E-state index in [4.69, 9.17) is 5.73 Å². The predicted molar refractivity (Wildman–Crippen MR) is 65.4 cm³/mol. The molecule has 18 heavy (non-hydrogen) atoms. The lowest BCUT2D eigenvalue weighted by atomic mass is 10.2. The van der Waals surface area contributed by atoms with E-state index in [2.05, 4.69) is 10.4 Å². The lowest BCUT2D eigenvalue weighted by Gasteiger charge is -2.23. The minimum absolute atomic E-state index is 0.107. The zero-order chi connectivity index (χ0) is 13.1. The summed E-state index contributed by atoms with van der Waals surface area (Å²) in [4.78, 5) is 25.3. The lowest BCUT2D eigenvalue weighted by molar-refractivity contribution is -0.138. The van der Waals surface area contributed by atoms with Crippen LogP contribution >= 0.6 is 0 Å². The van der Waals surface area contributed by atoms with Gasteiger partial charge in [0.1, 0.15) is 12.6 Å². The summed E-state index contributed by atoms with van der Waals surface area (Å²) in [6, 6.07) is -0.351. The van der Waals surface area contributed by atoms with Crippen molar-refractivity contribution in [1.82, 2.24) is 20.0 Å². The average molecular weight is 251 g/mol. The van der Waals surface area contributed by atoms with Crippen molar-refractivity contribution in [2.75, 3.05) is 19.3 Å². The summed E-state index contributed by atoms with van der Waals surface area (Å²) in [6.45, 7) is 0.734. The molecule has 2 amide bonds. The number of nitrogen functional groups attached to an aromatic ring is 1. The lowest BCUT2D eigenvalue weighted by Crippen LogP contribution is -2.46. The van der Waals surface area contributed by atoms with E-state index in [0.717, 1.165) is 6.42 Å². The molecule has 1 aliphatic rings. The predicted octanol–water partition coefficient (Wildman–Crippen LogP) is -0.798. The van der Waals surface area contributed by atoms with E-state index < -0.39 is 0 Å². The van der Waals surface area contributed by atoms with E-state index in [1.807, 2.05) is 0 Å². The molecule has 3 N–H and O–H groups in total. The second-order valence-electron chi connectivity index (χ2n) is 4.33. The maximum atomic E-state index is 12.1. The molecule has 0 saturated carbocycles. The number of carbonyl (C=O) groups is 2.